The summed E-state index contributed by atoms with van der Waals surface area (Å²) in [5.41, 5.74) is 0.357. The monoisotopic (exact) mass is 325 g/mol. The number of nitrogens with zero attached hydrogens (tertiary/aromatic N) is 2. The number of rotatable bonds is 4. The van der Waals surface area contributed by atoms with Gasteiger partial charge in [-0.25, -0.2) is 9.78 Å². The van der Waals surface area contributed by atoms with Crippen LogP contribution in [0.5, 0.6) is 0 Å². The highest BCUT2D eigenvalue weighted by molar-refractivity contribution is 6.35. The van der Waals surface area contributed by atoms with E-state index >= 15 is 0 Å². The van der Waals surface area contributed by atoms with E-state index in [1.807, 2.05) is 0 Å². The van der Waals surface area contributed by atoms with Crippen molar-refractivity contribution in [2.24, 2.45) is 0 Å². The molecular weight excluding hydrogens is 317 g/mol. The first-order valence-corrected chi connectivity index (χ1v) is 6.50. The molecule has 1 aromatic carbocycles. The molecule has 1 amide bonds. The van der Waals surface area contributed by atoms with Gasteiger partial charge in [-0.1, -0.05) is 23.2 Å². The number of ether oxygens (including phenoxy) is 1. The number of hydrogen-bond acceptors (Lipinski definition) is 5. The van der Waals surface area contributed by atoms with Gasteiger partial charge >= 0.3 is 5.97 Å². The molecule has 0 fully saturated rings. The van der Waals surface area contributed by atoms with Gasteiger partial charge in [0.2, 0.25) is 0 Å². The van der Waals surface area contributed by atoms with Crippen molar-refractivity contribution in [3.63, 3.8) is 0 Å². The highest BCUT2D eigenvalue weighted by Gasteiger charge is 2.12. The van der Waals surface area contributed by atoms with Gasteiger partial charge in [-0.2, -0.15) is 0 Å². The van der Waals surface area contributed by atoms with Gasteiger partial charge in [0.1, 0.15) is 0 Å². The van der Waals surface area contributed by atoms with Gasteiger partial charge in [-0.15, -0.1) is 0 Å². The third-order valence-electron chi connectivity index (χ3n) is 2.31. The summed E-state index contributed by atoms with van der Waals surface area (Å²) in [5, 5.41) is 3.24. The summed E-state index contributed by atoms with van der Waals surface area (Å²) in [5.74, 6) is -1.29. The molecule has 2 rings (SSSR count). The molecule has 0 atom stereocenters. The lowest BCUT2D eigenvalue weighted by Crippen LogP contribution is -2.21. The Morgan fingerprint density at radius 3 is 2.76 bits per heavy atom. The first-order chi connectivity index (χ1) is 10.1. The van der Waals surface area contributed by atoms with Gasteiger partial charge < -0.3 is 10.1 Å². The van der Waals surface area contributed by atoms with Crippen LogP contribution in [0.2, 0.25) is 10.0 Å². The van der Waals surface area contributed by atoms with Crippen LogP contribution in [0.1, 0.15) is 10.5 Å². The summed E-state index contributed by atoms with van der Waals surface area (Å²) in [6.45, 7) is -0.474. The molecule has 1 N–H and O–H groups in total. The Hall–Kier alpha value is -2.18. The molecule has 1 heterocycles. The Kier molecular flexibility index (Phi) is 5.08. The number of carbonyl (C=O) groups excluding carboxylic acids is 2. The lowest BCUT2D eigenvalue weighted by molar-refractivity contribution is -0.119. The fourth-order valence-corrected chi connectivity index (χ4v) is 1.73. The Morgan fingerprint density at radius 2 is 2.05 bits per heavy atom. The minimum absolute atomic E-state index is 0.0195. The third kappa shape index (κ3) is 4.40. The van der Waals surface area contributed by atoms with Crippen molar-refractivity contribution in [2.75, 3.05) is 11.9 Å². The zero-order valence-electron chi connectivity index (χ0n) is 10.5. The summed E-state index contributed by atoms with van der Waals surface area (Å²) in [6, 6.07) is 4.63. The number of esters is 1. The normalized spacial score (nSPS) is 10.0. The standard InChI is InChI=1S/C13H9Cl2N3O3/c14-8-1-2-9(15)10(5-8)18-12(19)7-21-13(20)11-6-16-3-4-17-11/h1-6H,7H2,(H,18,19). The number of aromatic nitrogens is 2. The van der Waals surface area contributed by atoms with E-state index in [0.717, 1.165) is 0 Å². The molecule has 0 bridgehead atoms. The van der Waals surface area contributed by atoms with E-state index in [1.54, 1.807) is 12.1 Å². The van der Waals surface area contributed by atoms with Crippen LogP contribution in [-0.4, -0.2) is 28.5 Å². The van der Waals surface area contributed by atoms with Gasteiger partial charge in [0, 0.05) is 17.4 Å². The van der Waals surface area contributed by atoms with Crippen molar-refractivity contribution in [2.45, 2.75) is 0 Å². The van der Waals surface area contributed by atoms with E-state index in [0.29, 0.717) is 15.7 Å². The lowest BCUT2D eigenvalue weighted by Gasteiger charge is -2.08. The van der Waals surface area contributed by atoms with Gasteiger partial charge in [-0.05, 0) is 18.2 Å². The molecule has 0 aliphatic carbocycles. The zero-order valence-corrected chi connectivity index (χ0v) is 12.1. The van der Waals surface area contributed by atoms with Crippen LogP contribution in [0.15, 0.2) is 36.8 Å². The van der Waals surface area contributed by atoms with Gasteiger partial charge in [0.15, 0.2) is 12.3 Å². The van der Waals surface area contributed by atoms with Crippen LogP contribution in [-0.2, 0) is 9.53 Å². The van der Waals surface area contributed by atoms with Gasteiger partial charge in [0.05, 0.1) is 16.9 Å². The number of amides is 1. The first kappa shape index (κ1) is 15.2. The van der Waals surface area contributed by atoms with Crippen molar-refractivity contribution >= 4 is 40.8 Å². The summed E-state index contributed by atoms with van der Waals surface area (Å²) in [7, 11) is 0. The minimum atomic E-state index is -0.740. The van der Waals surface area contributed by atoms with Crippen molar-refractivity contribution in [1.29, 1.82) is 0 Å². The Labute approximate surface area is 130 Å². The van der Waals surface area contributed by atoms with Crippen LogP contribution in [0, 0.1) is 0 Å². The molecule has 0 aliphatic heterocycles. The van der Waals surface area contributed by atoms with Crippen molar-refractivity contribution in [3.05, 3.63) is 52.5 Å². The highest BCUT2D eigenvalue weighted by atomic mass is 35.5. The largest absolute Gasteiger partial charge is 0.451 e. The number of hydrogen-bond donors (Lipinski definition) is 1. The minimum Gasteiger partial charge on any atom is -0.451 e. The summed E-state index contributed by atoms with van der Waals surface area (Å²) < 4.78 is 4.80. The number of carbonyl (C=O) groups is 2. The first-order valence-electron chi connectivity index (χ1n) is 5.74. The number of nitrogens with one attached hydrogen (secondary N) is 1. The molecular formula is C13H9Cl2N3O3. The van der Waals surface area contributed by atoms with Crippen LogP contribution < -0.4 is 5.32 Å². The van der Waals surface area contributed by atoms with Crippen LogP contribution >= 0.6 is 23.2 Å². The number of halogens is 2. The molecule has 1 aromatic heterocycles. The predicted molar refractivity (Wildman–Crippen MR) is 77.4 cm³/mol. The lowest BCUT2D eigenvalue weighted by atomic mass is 10.3. The SMILES string of the molecule is O=C(COC(=O)c1cnccn1)Nc1cc(Cl)ccc1Cl. The maximum absolute atomic E-state index is 11.7. The second kappa shape index (κ2) is 7.01. The maximum atomic E-state index is 11.7. The molecule has 2 aromatic rings. The Bertz CT molecular complexity index is 665. The topological polar surface area (TPSA) is 81.2 Å². The Morgan fingerprint density at radius 1 is 1.24 bits per heavy atom. The molecule has 0 saturated carbocycles. The quantitative estimate of drug-likeness (QED) is 0.874. The Balaban J connectivity index is 1.91. The van der Waals surface area contributed by atoms with E-state index in [-0.39, 0.29) is 5.69 Å². The smallest absolute Gasteiger partial charge is 0.359 e. The molecule has 21 heavy (non-hydrogen) atoms. The third-order valence-corrected chi connectivity index (χ3v) is 2.87. The molecule has 8 heteroatoms. The van der Waals surface area contributed by atoms with E-state index < -0.39 is 18.5 Å². The second-order valence-corrected chi connectivity index (χ2v) is 4.68. The van der Waals surface area contributed by atoms with Crippen LogP contribution in [0.3, 0.4) is 0 Å². The highest BCUT2D eigenvalue weighted by Crippen LogP contribution is 2.25. The van der Waals surface area contributed by atoms with Crippen LogP contribution in [0.25, 0.3) is 0 Å². The fraction of sp³-hybridized carbons (Fsp3) is 0.0769. The van der Waals surface area contributed by atoms with E-state index in [1.165, 1.54) is 24.7 Å². The van der Waals surface area contributed by atoms with Crippen molar-refractivity contribution in [3.8, 4) is 0 Å². The zero-order chi connectivity index (χ0) is 15.2. The molecule has 0 spiro atoms. The number of anilines is 1. The van der Waals surface area contributed by atoms with Crippen LogP contribution in [0.4, 0.5) is 5.69 Å². The molecule has 6 nitrogen and oxygen atoms in total. The van der Waals surface area contributed by atoms with Crippen molar-refractivity contribution < 1.29 is 14.3 Å². The van der Waals surface area contributed by atoms with Crippen molar-refractivity contribution in [1.82, 2.24) is 9.97 Å². The fourth-order valence-electron chi connectivity index (χ4n) is 1.39. The van der Waals surface area contributed by atoms with Gasteiger partial charge in [0.25, 0.3) is 5.91 Å². The predicted octanol–water partition coefficient (Wildman–Crippen LogP) is 2.58. The molecule has 0 saturated heterocycles. The van der Waals surface area contributed by atoms with Gasteiger partial charge in [-0.3, -0.25) is 9.78 Å². The maximum Gasteiger partial charge on any atom is 0.359 e. The summed E-state index contributed by atoms with van der Waals surface area (Å²) >= 11 is 11.7. The second-order valence-electron chi connectivity index (χ2n) is 3.84. The van der Waals surface area contributed by atoms with E-state index in [9.17, 15) is 9.59 Å². The molecule has 0 aliphatic rings. The van der Waals surface area contributed by atoms with E-state index in [2.05, 4.69) is 15.3 Å². The molecule has 0 unspecified atom stereocenters. The number of benzene rings is 1. The van der Waals surface area contributed by atoms with E-state index in [4.69, 9.17) is 27.9 Å². The summed E-state index contributed by atoms with van der Waals surface area (Å²) in [4.78, 5) is 30.7. The average molecular weight is 326 g/mol. The summed E-state index contributed by atoms with van der Waals surface area (Å²) in [6.07, 6.45) is 4.01. The molecule has 108 valence electrons. The average Bonchev–Trinajstić information content (AvgIpc) is 2.49. The molecule has 0 radical (unpaired) electrons.